The Kier molecular flexibility index (Phi) is 5.92. The molecule has 2 aliphatic heterocycles. The van der Waals surface area contributed by atoms with Gasteiger partial charge in [-0.1, -0.05) is 25.1 Å². The van der Waals surface area contributed by atoms with Gasteiger partial charge in [0, 0.05) is 38.3 Å². The highest BCUT2D eigenvalue weighted by Gasteiger charge is 2.47. The van der Waals surface area contributed by atoms with Crippen molar-refractivity contribution < 1.29 is 19.1 Å². The van der Waals surface area contributed by atoms with Crippen LogP contribution in [0.1, 0.15) is 19.8 Å². The van der Waals surface area contributed by atoms with Crippen molar-refractivity contribution in [1.82, 2.24) is 19.6 Å². The van der Waals surface area contributed by atoms with Crippen LogP contribution in [0, 0.1) is 5.92 Å². The zero-order valence-corrected chi connectivity index (χ0v) is 17.3. The lowest BCUT2D eigenvalue weighted by molar-refractivity contribution is -0.138. The summed E-state index contributed by atoms with van der Waals surface area (Å²) < 4.78 is 13.2. The van der Waals surface area contributed by atoms with Crippen LogP contribution < -0.4 is 4.74 Å². The number of benzene rings is 1. The van der Waals surface area contributed by atoms with Crippen LogP contribution in [0.25, 0.3) is 0 Å². The van der Waals surface area contributed by atoms with E-state index < -0.39 is 5.60 Å². The molecule has 1 spiro atoms. The maximum atomic E-state index is 12.8. The van der Waals surface area contributed by atoms with Crippen LogP contribution in [0.15, 0.2) is 48.8 Å². The molecule has 0 radical (unpaired) electrons. The van der Waals surface area contributed by atoms with Gasteiger partial charge in [-0.3, -0.25) is 9.48 Å². The minimum Gasteiger partial charge on any atom is -0.492 e. The van der Waals surface area contributed by atoms with E-state index >= 15 is 0 Å². The molecule has 0 bridgehead atoms. The number of carbonyl (C=O) groups is 2. The van der Waals surface area contributed by atoms with Crippen molar-refractivity contribution in [3.05, 3.63) is 48.8 Å². The second-order valence-electron chi connectivity index (χ2n) is 8.09. The number of rotatable bonds is 7. The smallest absolute Gasteiger partial charge is 0.410 e. The maximum Gasteiger partial charge on any atom is 0.410 e. The predicted octanol–water partition coefficient (Wildman–Crippen LogP) is 2.41. The minimum absolute atomic E-state index is 0.123. The lowest BCUT2D eigenvalue weighted by atomic mass is 9.90. The number of aromatic nitrogens is 2. The summed E-state index contributed by atoms with van der Waals surface area (Å²) in [6.45, 7) is 5.16. The number of hydrogen-bond acceptors (Lipinski definition) is 5. The van der Waals surface area contributed by atoms with E-state index in [1.807, 2.05) is 54.4 Å². The Morgan fingerprint density at radius 1 is 1.23 bits per heavy atom. The van der Waals surface area contributed by atoms with Crippen LogP contribution in [0.4, 0.5) is 4.79 Å². The number of hydrogen-bond donors (Lipinski definition) is 0. The SMILES string of the molecule is C[C@H](Cn1cccn1)C(=O)N1CCC2(CC1)CN(CCOc1ccccc1)C(=O)O2. The minimum atomic E-state index is -0.494. The molecule has 1 atom stereocenters. The van der Waals surface area contributed by atoms with E-state index in [0.717, 1.165) is 5.75 Å². The van der Waals surface area contributed by atoms with Crippen LogP contribution in [-0.2, 0) is 16.1 Å². The van der Waals surface area contributed by atoms with Crippen molar-refractivity contribution in [1.29, 1.82) is 0 Å². The van der Waals surface area contributed by atoms with Crippen molar-refractivity contribution in [2.24, 2.45) is 5.92 Å². The average Bonchev–Trinajstić information content (AvgIpc) is 3.37. The molecule has 3 heterocycles. The van der Waals surface area contributed by atoms with Gasteiger partial charge in [0.1, 0.15) is 18.0 Å². The third-order valence-corrected chi connectivity index (χ3v) is 5.84. The Morgan fingerprint density at radius 3 is 2.70 bits per heavy atom. The molecule has 30 heavy (non-hydrogen) atoms. The number of ether oxygens (including phenoxy) is 2. The third-order valence-electron chi connectivity index (χ3n) is 5.84. The molecule has 8 heteroatoms. The van der Waals surface area contributed by atoms with E-state index in [0.29, 0.717) is 52.2 Å². The topological polar surface area (TPSA) is 76.9 Å². The van der Waals surface area contributed by atoms with Gasteiger partial charge in [0.2, 0.25) is 5.91 Å². The highest BCUT2D eigenvalue weighted by Crippen LogP contribution is 2.33. The van der Waals surface area contributed by atoms with Gasteiger partial charge in [-0.2, -0.15) is 5.10 Å². The number of carbonyl (C=O) groups excluding carboxylic acids is 2. The zero-order chi connectivity index (χ0) is 21.0. The Labute approximate surface area is 176 Å². The van der Waals surface area contributed by atoms with E-state index in [2.05, 4.69) is 5.10 Å². The molecule has 0 aliphatic carbocycles. The summed E-state index contributed by atoms with van der Waals surface area (Å²) >= 11 is 0. The molecule has 2 fully saturated rings. The molecule has 0 unspecified atom stereocenters. The molecule has 4 rings (SSSR count). The van der Waals surface area contributed by atoms with Gasteiger partial charge >= 0.3 is 6.09 Å². The monoisotopic (exact) mass is 412 g/mol. The van der Waals surface area contributed by atoms with Crippen molar-refractivity contribution >= 4 is 12.0 Å². The van der Waals surface area contributed by atoms with Crippen molar-refractivity contribution in [3.63, 3.8) is 0 Å². The Bertz CT molecular complexity index is 847. The summed E-state index contributed by atoms with van der Waals surface area (Å²) in [6, 6.07) is 11.4. The van der Waals surface area contributed by atoms with Crippen molar-refractivity contribution in [2.45, 2.75) is 31.9 Å². The summed E-state index contributed by atoms with van der Waals surface area (Å²) in [5, 5.41) is 4.17. The van der Waals surface area contributed by atoms with Crippen LogP contribution >= 0.6 is 0 Å². The van der Waals surface area contributed by atoms with Crippen LogP contribution in [-0.4, -0.2) is 70.0 Å². The quantitative estimate of drug-likeness (QED) is 0.698. The number of nitrogens with zero attached hydrogens (tertiary/aromatic N) is 4. The number of para-hydroxylation sites is 1. The summed E-state index contributed by atoms with van der Waals surface area (Å²) in [4.78, 5) is 28.7. The second-order valence-corrected chi connectivity index (χ2v) is 8.09. The first-order valence-electron chi connectivity index (χ1n) is 10.5. The Hall–Kier alpha value is -3.03. The van der Waals surface area contributed by atoms with Crippen LogP contribution in [0.3, 0.4) is 0 Å². The molecule has 160 valence electrons. The van der Waals surface area contributed by atoms with Gasteiger partial charge < -0.3 is 19.3 Å². The van der Waals surface area contributed by atoms with Gasteiger partial charge in [-0.15, -0.1) is 0 Å². The summed E-state index contributed by atoms with van der Waals surface area (Å²) in [7, 11) is 0. The second kappa shape index (κ2) is 8.77. The first-order chi connectivity index (χ1) is 14.5. The van der Waals surface area contributed by atoms with Crippen LogP contribution in [0.2, 0.25) is 0 Å². The number of amides is 2. The highest BCUT2D eigenvalue weighted by molar-refractivity contribution is 5.78. The van der Waals surface area contributed by atoms with Gasteiger partial charge in [0.15, 0.2) is 0 Å². The van der Waals surface area contributed by atoms with Crippen molar-refractivity contribution in [3.8, 4) is 5.75 Å². The molecule has 2 aromatic rings. The molecule has 1 aromatic carbocycles. The molecule has 8 nitrogen and oxygen atoms in total. The molecule has 2 amide bonds. The third kappa shape index (κ3) is 4.58. The molecular formula is C22H28N4O4. The standard InChI is InChI=1S/C22H28N4O4/c1-18(16-26-11-5-10-23-26)20(27)24-12-8-22(9-13-24)17-25(21(28)30-22)14-15-29-19-6-3-2-4-7-19/h2-7,10-11,18H,8-9,12-17H2,1H3/t18-/m1/s1. The molecule has 1 aromatic heterocycles. The van der Waals surface area contributed by atoms with Crippen LogP contribution in [0.5, 0.6) is 5.75 Å². The largest absolute Gasteiger partial charge is 0.492 e. The average molecular weight is 412 g/mol. The fourth-order valence-corrected chi connectivity index (χ4v) is 4.13. The molecular weight excluding hydrogens is 384 g/mol. The number of piperidine rings is 1. The normalized spacial score (nSPS) is 19.0. The Balaban J connectivity index is 1.24. The van der Waals surface area contributed by atoms with Gasteiger partial charge in [-0.05, 0) is 18.2 Å². The summed E-state index contributed by atoms with van der Waals surface area (Å²) in [5.41, 5.74) is -0.494. The fraction of sp³-hybridized carbons (Fsp3) is 0.500. The molecule has 2 saturated heterocycles. The highest BCUT2D eigenvalue weighted by atomic mass is 16.6. The van der Waals surface area contributed by atoms with E-state index in [4.69, 9.17) is 9.47 Å². The fourth-order valence-electron chi connectivity index (χ4n) is 4.13. The lowest BCUT2D eigenvalue weighted by Gasteiger charge is -2.38. The molecule has 0 saturated carbocycles. The molecule has 2 aliphatic rings. The Morgan fingerprint density at radius 2 is 2.00 bits per heavy atom. The van der Waals surface area contributed by atoms with E-state index in [-0.39, 0.29) is 17.9 Å². The van der Waals surface area contributed by atoms with Gasteiger partial charge in [0.25, 0.3) is 0 Å². The lowest BCUT2D eigenvalue weighted by Crippen LogP contribution is -2.50. The summed E-state index contributed by atoms with van der Waals surface area (Å²) in [5.74, 6) is 0.769. The van der Waals surface area contributed by atoms with E-state index in [9.17, 15) is 9.59 Å². The predicted molar refractivity (Wildman–Crippen MR) is 110 cm³/mol. The van der Waals surface area contributed by atoms with E-state index in [1.165, 1.54) is 0 Å². The first-order valence-corrected chi connectivity index (χ1v) is 10.5. The maximum absolute atomic E-state index is 12.8. The van der Waals surface area contributed by atoms with Crippen molar-refractivity contribution in [2.75, 3.05) is 32.8 Å². The zero-order valence-electron chi connectivity index (χ0n) is 17.3. The first kappa shape index (κ1) is 20.3. The number of likely N-dealkylation sites (tertiary alicyclic amines) is 1. The van der Waals surface area contributed by atoms with E-state index in [1.54, 1.807) is 15.8 Å². The van der Waals surface area contributed by atoms with Gasteiger partial charge in [-0.25, -0.2) is 4.79 Å². The van der Waals surface area contributed by atoms with Gasteiger partial charge in [0.05, 0.1) is 25.6 Å². The molecule has 0 N–H and O–H groups in total. The summed E-state index contributed by atoms with van der Waals surface area (Å²) in [6.07, 6.45) is 4.61.